The van der Waals surface area contributed by atoms with Crippen molar-refractivity contribution >= 4 is 36.4 Å². The minimum Gasteiger partial charge on any atom is -0.475 e. The van der Waals surface area contributed by atoms with Crippen molar-refractivity contribution in [3.05, 3.63) is 71.0 Å². The smallest absolute Gasteiger partial charge is 0.371 e. The molecule has 0 aliphatic heterocycles. The predicted octanol–water partition coefficient (Wildman–Crippen LogP) is 4.53. The Morgan fingerprint density at radius 2 is 1.08 bits per heavy atom. The van der Waals surface area contributed by atoms with Gasteiger partial charge in [-0.25, -0.2) is 14.4 Å². The summed E-state index contributed by atoms with van der Waals surface area (Å²) in [4.78, 5) is 60.9. The van der Waals surface area contributed by atoms with Gasteiger partial charge in [0.1, 0.15) is 12.4 Å². The summed E-state index contributed by atoms with van der Waals surface area (Å²) in [6.45, 7) is 1.38. The Morgan fingerprint density at radius 3 is 1.39 bits per heavy atom. The van der Waals surface area contributed by atoms with Crippen LogP contribution in [0.3, 0.4) is 0 Å². The van der Waals surface area contributed by atoms with Gasteiger partial charge in [-0.15, -0.1) is 0 Å². The molecular weight excluding hydrogens is 484 g/mol. The summed E-state index contributed by atoms with van der Waals surface area (Å²) >= 11 is 0. The maximum Gasteiger partial charge on any atom is 0.371 e. The van der Waals surface area contributed by atoms with E-state index in [4.69, 9.17) is 19.7 Å². The molecule has 13 heteroatoms. The van der Waals surface area contributed by atoms with Crippen LogP contribution in [0.15, 0.2) is 49.6 Å². The number of hydrogen-bond donors (Lipinski definition) is 3. The van der Waals surface area contributed by atoms with Crippen molar-refractivity contribution in [2.24, 2.45) is 0 Å². The molecule has 3 N–H and O–H groups in total. The number of aldehydes is 2. The van der Waals surface area contributed by atoms with Crippen molar-refractivity contribution < 1.29 is 62.1 Å². The van der Waals surface area contributed by atoms with Crippen molar-refractivity contribution in [3.63, 3.8) is 0 Å². The average molecular weight is 512 g/mol. The number of aromatic carboxylic acids is 3. The highest BCUT2D eigenvalue weighted by Crippen LogP contribution is 2.08. The summed E-state index contributed by atoms with van der Waals surface area (Å²) in [7, 11) is 0. The van der Waals surface area contributed by atoms with Gasteiger partial charge in [0.05, 0.1) is 0 Å². The SMILES string of the molecule is C.C.C.CC(=O)OCc1ccc(C=O)o1.O=C(O)c1ccc(C(=O)O)o1.O=Cc1ccc(C(=O)O)o1. The van der Waals surface area contributed by atoms with Gasteiger partial charge in [0, 0.05) is 6.92 Å². The quantitative estimate of drug-likeness (QED) is 0.293. The molecule has 0 aliphatic carbocycles. The molecule has 3 aromatic rings. The number of carbonyl (C=O) groups is 6. The van der Waals surface area contributed by atoms with E-state index in [2.05, 4.69) is 13.6 Å². The molecule has 0 atom stereocenters. The van der Waals surface area contributed by atoms with Gasteiger partial charge in [-0.1, -0.05) is 22.3 Å². The molecule has 0 unspecified atom stereocenters. The van der Waals surface area contributed by atoms with E-state index in [0.29, 0.717) is 18.3 Å². The van der Waals surface area contributed by atoms with Crippen LogP contribution in [0.5, 0.6) is 0 Å². The summed E-state index contributed by atoms with van der Waals surface area (Å²) in [6, 6.07) is 7.82. The summed E-state index contributed by atoms with van der Waals surface area (Å²) in [5.74, 6) is -4.35. The third-order valence-corrected chi connectivity index (χ3v) is 3.20. The lowest BCUT2D eigenvalue weighted by molar-refractivity contribution is -0.142. The molecule has 3 aromatic heterocycles. The van der Waals surface area contributed by atoms with E-state index >= 15 is 0 Å². The van der Waals surface area contributed by atoms with Crippen LogP contribution in [0.25, 0.3) is 0 Å². The van der Waals surface area contributed by atoms with E-state index < -0.39 is 17.9 Å². The van der Waals surface area contributed by atoms with Crippen molar-refractivity contribution in [3.8, 4) is 0 Å². The van der Waals surface area contributed by atoms with Crippen LogP contribution >= 0.6 is 0 Å². The molecule has 0 bridgehead atoms. The minimum atomic E-state index is -1.28. The summed E-state index contributed by atoms with van der Waals surface area (Å²) < 4.78 is 18.5. The second-order valence-electron chi connectivity index (χ2n) is 5.60. The van der Waals surface area contributed by atoms with E-state index in [-0.39, 0.29) is 63.7 Å². The Bertz CT molecular complexity index is 1100. The van der Waals surface area contributed by atoms with E-state index in [1.54, 1.807) is 6.07 Å². The normalized spacial score (nSPS) is 8.58. The van der Waals surface area contributed by atoms with Crippen LogP contribution < -0.4 is 0 Å². The molecule has 0 saturated heterocycles. The number of rotatable bonds is 7. The van der Waals surface area contributed by atoms with E-state index in [0.717, 1.165) is 12.1 Å². The first-order chi connectivity index (χ1) is 15.6. The second kappa shape index (κ2) is 17.5. The van der Waals surface area contributed by atoms with Crippen LogP contribution in [0.1, 0.15) is 87.7 Å². The number of hydrogen-bond acceptors (Lipinski definition) is 10. The molecule has 0 aliphatic rings. The first-order valence-electron chi connectivity index (χ1n) is 8.59. The molecule has 0 spiro atoms. The van der Waals surface area contributed by atoms with Gasteiger partial charge in [-0.05, 0) is 36.4 Å². The summed E-state index contributed by atoms with van der Waals surface area (Å²) in [5, 5.41) is 24.9. The van der Waals surface area contributed by atoms with Crippen LogP contribution in [0, 0.1) is 0 Å². The van der Waals surface area contributed by atoms with E-state index in [1.165, 1.54) is 25.1 Å². The number of esters is 1. The lowest BCUT2D eigenvalue weighted by Gasteiger charge is -1.96. The number of carboxylic acids is 3. The van der Waals surface area contributed by atoms with Gasteiger partial charge in [-0.3, -0.25) is 14.4 Å². The zero-order valence-corrected chi connectivity index (χ0v) is 16.8. The Labute approximate surface area is 205 Å². The van der Waals surface area contributed by atoms with E-state index in [1.807, 2.05) is 0 Å². The molecule has 198 valence electrons. The zero-order valence-electron chi connectivity index (χ0n) is 16.8. The first-order valence-corrected chi connectivity index (χ1v) is 8.59. The Kier molecular flexibility index (Phi) is 17.4. The van der Waals surface area contributed by atoms with E-state index in [9.17, 15) is 28.8 Å². The molecule has 3 rings (SSSR count). The zero-order chi connectivity index (χ0) is 25.0. The molecule has 0 amide bonds. The summed E-state index contributed by atoms with van der Waals surface area (Å²) in [6.07, 6.45) is 1.05. The van der Waals surface area contributed by atoms with Crippen LogP contribution in [0.4, 0.5) is 0 Å². The number of furan rings is 3. The monoisotopic (exact) mass is 512 g/mol. The standard InChI is InChI=1S/C8H8O4.C6H4O5.C6H4O4.3CH4/c1-6(10)11-5-8-3-2-7(4-9)12-8;7-5(8)3-1-2-4(11-3)6(9)10;7-3-4-1-2-5(10-4)6(8)9;;;/h2-4H,5H2,1H3;1-2H,(H,7,8)(H,9,10);1-3H,(H,8,9);3*1H4. The van der Waals surface area contributed by atoms with Crippen molar-refractivity contribution in [1.29, 1.82) is 0 Å². The van der Waals surface area contributed by atoms with Gasteiger partial charge in [0.2, 0.25) is 17.3 Å². The predicted molar refractivity (Wildman–Crippen MR) is 123 cm³/mol. The molecule has 0 fully saturated rings. The lowest BCUT2D eigenvalue weighted by atomic mass is 10.4. The van der Waals surface area contributed by atoms with Crippen LogP contribution in [-0.2, 0) is 16.1 Å². The molecular formula is C23H28O13. The molecule has 0 aromatic carbocycles. The topological polar surface area (TPSA) is 212 Å². The third-order valence-electron chi connectivity index (χ3n) is 3.20. The van der Waals surface area contributed by atoms with Crippen molar-refractivity contribution in [2.75, 3.05) is 0 Å². The van der Waals surface area contributed by atoms with Crippen LogP contribution in [0.2, 0.25) is 0 Å². The molecule has 36 heavy (non-hydrogen) atoms. The fourth-order valence-corrected chi connectivity index (χ4v) is 1.81. The number of carboxylic acid groups (broad SMARTS) is 3. The van der Waals surface area contributed by atoms with Gasteiger partial charge in [-0.2, -0.15) is 0 Å². The minimum absolute atomic E-state index is 0. The molecule has 0 radical (unpaired) electrons. The Balaban J connectivity index is -0.000000437. The Hall–Kier alpha value is -4.94. The number of ether oxygens (including phenoxy) is 1. The maximum atomic E-state index is 10.4. The van der Waals surface area contributed by atoms with Gasteiger partial charge in [0.15, 0.2) is 24.1 Å². The van der Waals surface area contributed by atoms with Crippen molar-refractivity contribution in [1.82, 2.24) is 0 Å². The molecule has 3 heterocycles. The highest BCUT2D eigenvalue weighted by Gasteiger charge is 2.12. The first kappa shape index (κ1) is 35.6. The third kappa shape index (κ3) is 12.3. The number of carbonyl (C=O) groups excluding carboxylic acids is 3. The lowest BCUT2D eigenvalue weighted by Crippen LogP contribution is -1.97. The van der Waals surface area contributed by atoms with Gasteiger partial charge in [0.25, 0.3) is 0 Å². The Morgan fingerprint density at radius 1 is 0.694 bits per heavy atom. The van der Waals surface area contributed by atoms with Gasteiger partial charge >= 0.3 is 23.9 Å². The van der Waals surface area contributed by atoms with Crippen molar-refractivity contribution in [2.45, 2.75) is 35.8 Å². The average Bonchev–Trinajstić information content (AvgIpc) is 3.53. The maximum absolute atomic E-state index is 10.4. The fourth-order valence-electron chi connectivity index (χ4n) is 1.81. The highest BCUT2D eigenvalue weighted by atomic mass is 16.5. The largest absolute Gasteiger partial charge is 0.475 e. The second-order valence-corrected chi connectivity index (χ2v) is 5.60. The van der Waals surface area contributed by atoms with Crippen LogP contribution in [-0.4, -0.2) is 51.8 Å². The van der Waals surface area contributed by atoms with Gasteiger partial charge < -0.3 is 33.3 Å². The molecule has 0 saturated carbocycles. The fraction of sp³-hybridized carbons (Fsp3) is 0.217. The highest BCUT2D eigenvalue weighted by molar-refractivity contribution is 5.89. The summed E-state index contributed by atoms with van der Waals surface area (Å²) in [5.41, 5.74) is 0. The molecule has 13 nitrogen and oxygen atoms in total.